The van der Waals surface area contributed by atoms with Gasteiger partial charge in [0.25, 0.3) is 5.88 Å². The van der Waals surface area contributed by atoms with E-state index in [9.17, 15) is 4.39 Å². The first kappa shape index (κ1) is 16.9. The lowest BCUT2D eigenvalue weighted by atomic mass is 10.1. The van der Waals surface area contributed by atoms with E-state index in [1.807, 2.05) is 0 Å². The van der Waals surface area contributed by atoms with Crippen molar-refractivity contribution < 1.29 is 9.13 Å². The van der Waals surface area contributed by atoms with Gasteiger partial charge in [0.15, 0.2) is 5.82 Å². The van der Waals surface area contributed by atoms with Gasteiger partial charge in [-0.25, -0.2) is 9.37 Å². The fourth-order valence-electron chi connectivity index (χ4n) is 1.86. The van der Waals surface area contributed by atoms with Crippen molar-refractivity contribution in [3.63, 3.8) is 0 Å². The molecular weight excluding hydrogens is 255 g/mol. The maximum Gasteiger partial charge on any atom is 0.250 e. The fourth-order valence-corrected chi connectivity index (χ4v) is 1.86. The molecule has 114 valence electrons. The molecule has 0 aromatic carbocycles. The van der Waals surface area contributed by atoms with Gasteiger partial charge in [-0.3, -0.25) is 0 Å². The van der Waals surface area contributed by atoms with E-state index in [0.717, 1.165) is 19.4 Å². The molecule has 1 aromatic rings. The van der Waals surface area contributed by atoms with Gasteiger partial charge < -0.3 is 10.1 Å². The van der Waals surface area contributed by atoms with Crippen LogP contribution in [-0.2, 0) is 6.54 Å². The third-order valence-electron chi connectivity index (χ3n) is 2.97. The van der Waals surface area contributed by atoms with Crippen LogP contribution in [0.25, 0.3) is 0 Å². The molecule has 0 aliphatic rings. The summed E-state index contributed by atoms with van der Waals surface area (Å²) in [5.41, 5.74) is 0.611. The lowest BCUT2D eigenvalue weighted by Gasteiger charge is -2.11. The Hall–Kier alpha value is -1.16. The molecule has 3 nitrogen and oxygen atoms in total. The molecule has 20 heavy (non-hydrogen) atoms. The predicted molar refractivity (Wildman–Crippen MR) is 80.3 cm³/mol. The summed E-state index contributed by atoms with van der Waals surface area (Å²) < 4.78 is 19.6. The number of hydrogen-bond acceptors (Lipinski definition) is 3. The summed E-state index contributed by atoms with van der Waals surface area (Å²) in [5.74, 6) is 0.973. The Morgan fingerprint density at radius 2 is 2.00 bits per heavy atom. The van der Waals surface area contributed by atoms with Crippen molar-refractivity contribution in [3.8, 4) is 5.88 Å². The van der Waals surface area contributed by atoms with Crippen LogP contribution >= 0.6 is 0 Å². The van der Waals surface area contributed by atoms with Crippen LogP contribution in [0.15, 0.2) is 12.3 Å². The van der Waals surface area contributed by atoms with E-state index in [2.05, 4.69) is 38.0 Å². The molecule has 0 saturated heterocycles. The summed E-state index contributed by atoms with van der Waals surface area (Å²) in [5, 5.41) is 3.23. The van der Waals surface area contributed by atoms with E-state index in [1.165, 1.54) is 0 Å². The average Bonchev–Trinajstić information content (AvgIpc) is 2.37. The number of nitrogens with one attached hydrogen (secondary N) is 1. The van der Waals surface area contributed by atoms with Crippen LogP contribution in [0.3, 0.4) is 0 Å². The first-order chi connectivity index (χ1) is 9.50. The standard InChI is InChI=1S/C16H27FN2O/c1-12(2)6-5-9-20-16-15(17)14(7-8-19-16)11-18-10-13(3)4/h7-8,12-13,18H,5-6,9-11H2,1-4H3. The molecule has 0 aliphatic heterocycles. The summed E-state index contributed by atoms with van der Waals surface area (Å²) in [4.78, 5) is 3.97. The summed E-state index contributed by atoms with van der Waals surface area (Å²) in [6, 6.07) is 1.70. The van der Waals surface area contributed by atoms with E-state index in [0.29, 0.717) is 30.6 Å². The summed E-state index contributed by atoms with van der Waals surface area (Å²) in [7, 11) is 0. The van der Waals surface area contributed by atoms with Crippen molar-refractivity contribution in [3.05, 3.63) is 23.6 Å². The Morgan fingerprint density at radius 3 is 2.65 bits per heavy atom. The van der Waals surface area contributed by atoms with Gasteiger partial charge in [0.1, 0.15) is 0 Å². The summed E-state index contributed by atoms with van der Waals surface area (Å²) >= 11 is 0. The number of pyridine rings is 1. The molecular formula is C16H27FN2O. The van der Waals surface area contributed by atoms with Crippen molar-refractivity contribution in [2.45, 2.75) is 47.1 Å². The maximum absolute atomic E-state index is 14.2. The first-order valence-electron chi connectivity index (χ1n) is 7.47. The van der Waals surface area contributed by atoms with Gasteiger partial charge >= 0.3 is 0 Å². The van der Waals surface area contributed by atoms with E-state index in [4.69, 9.17) is 4.74 Å². The van der Waals surface area contributed by atoms with Crippen LogP contribution in [0.5, 0.6) is 5.88 Å². The SMILES string of the molecule is CC(C)CCCOc1nccc(CNCC(C)C)c1F. The van der Waals surface area contributed by atoms with Gasteiger partial charge in [0.2, 0.25) is 0 Å². The number of halogens is 1. The van der Waals surface area contributed by atoms with Crippen molar-refractivity contribution >= 4 is 0 Å². The second kappa shape index (κ2) is 8.90. The highest BCUT2D eigenvalue weighted by atomic mass is 19.1. The third-order valence-corrected chi connectivity index (χ3v) is 2.97. The molecule has 0 atom stereocenters. The molecule has 1 heterocycles. The number of aromatic nitrogens is 1. The van der Waals surface area contributed by atoms with Crippen molar-refractivity contribution in [1.82, 2.24) is 10.3 Å². The smallest absolute Gasteiger partial charge is 0.250 e. The monoisotopic (exact) mass is 282 g/mol. The molecule has 0 unspecified atom stereocenters. The molecule has 0 amide bonds. The topological polar surface area (TPSA) is 34.1 Å². The molecule has 1 rings (SSSR count). The number of hydrogen-bond donors (Lipinski definition) is 1. The lowest BCUT2D eigenvalue weighted by Crippen LogP contribution is -2.20. The lowest BCUT2D eigenvalue weighted by molar-refractivity contribution is 0.271. The van der Waals surface area contributed by atoms with Gasteiger partial charge in [-0.05, 0) is 37.3 Å². The number of ether oxygens (including phenoxy) is 1. The van der Waals surface area contributed by atoms with Crippen molar-refractivity contribution in [1.29, 1.82) is 0 Å². The Bertz CT molecular complexity index is 394. The quantitative estimate of drug-likeness (QED) is 0.700. The Labute approximate surface area is 121 Å². The normalized spacial score (nSPS) is 11.3. The maximum atomic E-state index is 14.2. The van der Waals surface area contributed by atoms with Crippen LogP contribution < -0.4 is 10.1 Å². The molecule has 0 bridgehead atoms. The van der Waals surface area contributed by atoms with Gasteiger partial charge in [0, 0.05) is 18.3 Å². The van der Waals surface area contributed by atoms with E-state index in [-0.39, 0.29) is 11.7 Å². The first-order valence-corrected chi connectivity index (χ1v) is 7.47. The minimum atomic E-state index is -0.340. The molecule has 4 heteroatoms. The second-order valence-corrected chi connectivity index (χ2v) is 6.00. The van der Waals surface area contributed by atoms with Gasteiger partial charge in [-0.2, -0.15) is 0 Å². The summed E-state index contributed by atoms with van der Waals surface area (Å²) in [6.45, 7) is 10.5. The highest BCUT2D eigenvalue weighted by molar-refractivity contribution is 5.23. The van der Waals surface area contributed by atoms with Crippen LogP contribution in [0.2, 0.25) is 0 Å². The fraction of sp³-hybridized carbons (Fsp3) is 0.688. The van der Waals surface area contributed by atoms with Crippen molar-refractivity contribution in [2.24, 2.45) is 11.8 Å². The largest absolute Gasteiger partial charge is 0.476 e. The minimum absolute atomic E-state index is 0.123. The molecule has 0 radical (unpaired) electrons. The van der Waals surface area contributed by atoms with Crippen molar-refractivity contribution in [2.75, 3.05) is 13.2 Å². The predicted octanol–water partition coefficient (Wildman–Crippen LogP) is 3.78. The van der Waals surface area contributed by atoms with Crippen LogP contribution in [0.4, 0.5) is 4.39 Å². The summed E-state index contributed by atoms with van der Waals surface area (Å²) in [6.07, 6.45) is 3.61. The zero-order valence-corrected chi connectivity index (χ0v) is 13.1. The molecule has 0 aliphatic carbocycles. The molecule has 0 fully saturated rings. The Kier molecular flexibility index (Phi) is 7.52. The zero-order chi connectivity index (χ0) is 15.0. The second-order valence-electron chi connectivity index (χ2n) is 6.00. The number of rotatable bonds is 9. The average molecular weight is 282 g/mol. The zero-order valence-electron chi connectivity index (χ0n) is 13.1. The highest BCUT2D eigenvalue weighted by Gasteiger charge is 2.10. The van der Waals surface area contributed by atoms with Crippen LogP contribution in [0, 0.1) is 17.7 Å². The van der Waals surface area contributed by atoms with Gasteiger partial charge in [0.05, 0.1) is 6.61 Å². The number of nitrogens with zero attached hydrogens (tertiary/aromatic N) is 1. The van der Waals surface area contributed by atoms with Crippen LogP contribution in [0.1, 0.15) is 46.1 Å². The van der Waals surface area contributed by atoms with E-state index in [1.54, 1.807) is 12.3 Å². The Morgan fingerprint density at radius 1 is 1.25 bits per heavy atom. The molecule has 0 saturated carbocycles. The van der Waals surface area contributed by atoms with Crippen LogP contribution in [-0.4, -0.2) is 18.1 Å². The molecule has 0 spiro atoms. The molecule has 1 N–H and O–H groups in total. The molecule has 1 aromatic heterocycles. The van der Waals surface area contributed by atoms with E-state index < -0.39 is 0 Å². The minimum Gasteiger partial charge on any atom is -0.476 e. The van der Waals surface area contributed by atoms with E-state index >= 15 is 0 Å². The highest BCUT2D eigenvalue weighted by Crippen LogP contribution is 2.18. The third kappa shape index (κ3) is 6.33. The Balaban J connectivity index is 2.47. The van der Waals surface area contributed by atoms with Gasteiger partial charge in [-0.15, -0.1) is 0 Å². The van der Waals surface area contributed by atoms with Gasteiger partial charge in [-0.1, -0.05) is 27.7 Å².